The summed E-state index contributed by atoms with van der Waals surface area (Å²) in [6.45, 7) is 4.17. The highest BCUT2D eigenvalue weighted by Gasteiger charge is 2.15. The second kappa shape index (κ2) is 5.40. The highest BCUT2D eigenvalue weighted by Crippen LogP contribution is 2.29. The number of nitrogen functional groups attached to an aromatic ring is 1. The smallest absolute Gasteiger partial charge is 0.163 e. The molecular weight excluding hydrogens is 361 g/mol. The summed E-state index contributed by atoms with van der Waals surface area (Å²) in [6, 6.07) is 7.51. The van der Waals surface area contributed by atoms with Crippen molar-refractivity contribution < 1.29 is 0 Å². The van der Waals surface area contributed by atoms with Gasteiger partial charge in [-0.25, -0.2) is 9.97 Å². The molecule has 0 aliphatic rings. The van der Waals surface area contributed by atoms with Crippen LogP contribution in [0.15, 0.2) is 24.3 Å². The quantitative estimate of drug-likeness (QED) is 0.806. The van der Waals surface area contributed by atoms with Gasteiger partial charge in [-0.2, -0.15) is 0 Å². The van der Waals surface area contributed by atoms with Crippen LogP contribution in [0.3, 0.4) is 0 Å². The van der Waals surface area contributed by atoms with E-state index >= 15 is 0 Å². The maximum absolute atomic E-state index is 6.16. The van der Waals surface area contributed by atoms with Gasteiger partial charge in [0.2, 0.25) is 0 Å². The maximum Gasteiger partial charge on any atom is 0.163 e. The van der Waals surface area contributed by atoms with Gasteiger partial charge in [-0.15, -0.1) is 0 Å². The van der Waals surface area contributed by atoms with Crippen LogP contribution in [0.25, 0.3) is 11.4 Å². The summed E-state index contributed by atoms with van der Waals surface area (Å²) in [6.07, 6.45) is 0. The van der Waals surface area contributed by atoms with Gasteiger partial charge in [0.25, 0.3) is 0 Å². The number of hydrogen-bond acceptors (Lipinski definition) is 3. The van der Waals surface area contributed by atoms with Crippen LogP contribution in [-0.2, 0) is 0 Å². The molecule has 0 saturated carbocycles. The van der Waals surface area contributed by atoms with Crippen LogP contribution in [0.2, 0.25) is 5.02 Å². The Hall–Kier alpha value is -0.880. The van der Waals surface area contributed by atoms with E-state index in [0.29, 0.717) is 22.6 Å². The molecule has 2 rings (SSSR count). The SMILES string of the molecule is CC(C)c1nc(-c2ccccc2Cl)nc(N)c1I. The van der Waals surface area contributed by atoms with Gasteiger partial charge in [-0.3, -0.25) is 0 Å². The fourth-order valence-electron chi connectivity index (χ4n) is 1.63. The second-order valence-corrected chi connectivity index (χ2v) is 5.75. The number of aromatic nitrogens is 2. The molecule has 0 bridgehead atoms. The lowest BCUT2D eigenvalue weighted by atomic mass is 10.1. The zero-order valence-electron chi connectivity index (χ0n) is 10.1. The van der Waals surface area contributed by atoms with Crippen molar-refractivity contribution >= 4 is 40.0 Å². The van der Waals surface area contributed by atoms with E-state index in [1.54, 1.807) is 0 Å². The van der Waals surface area contributed by atoms with E-state index in [1.807, 2.05) is 24.3 Å². The highest BCUT2D eigenvalue weighted by atomic mass is 127. The molecule has 94 valence electrons. The fourth-order valence-corrected chi connectivity index (χ4v) is 2.71. The van der Waals surface area contributed by atoms with Gasteiger partial charge < -0.3 is 5.73 Å². The molecule has 0 spiro atoms. The molecule has 0 saturated heterocycles. The van der Waals surface area contributed by atoms with Crippen LogP contribution in [0.5, 0.6) is 0 Å². The molecule has 0 fully saturated rings. The predicted molar refractivity (Wildman–Crippen MR) is 83.7 cm³/mol. The fraction of sp³-hybridized carbons (Fsp3) is 0.231. The highest BCUT2D eigenvalue weighted by molar-refractivity contribution is 14.1. The molecule has 0 amide bonds. The number of nitrogens with two attached hydrogens (primary N) is 1. The number of benzene rings is 1. The Labute approximate surface area is 125 Å². The Kier molecular flexibility index (Phi) is 4.07. The minimum atomic E-state index is 0.295. The second-order valence-electron chi connectivity index (χ2n) is 4.27. The summed E-state index contributed by atoms with van der Waals surface area (Å²) in [7, 11) is 0. The van der Waals surface area contributed by atoms with Crippen molar-refractivity contribution in [3.63, 3.8) is 0 Å². The van der Waals surface area contributed by atoms with E-state index in [1.165, 1.54) is 0 Å². The molecule has 5 heteroatoms. The van der Waals surface area contributed by atoms with Gasteiger partial charge in [-0.05, 0) is 40.6 Å². The third-order valence-corrected chi connectivity index (χ3v) is 4.00. The molecule has 3 nitrogen and oxygen atoms in total. The van der Waals surface area contributed by atoms with Crippen molar-refractivity contribution in [1.29, 1.82) is 0 Å². The predicted octanol–water partition coefficient (Wildman–Crippen LogP) is 4.11. The van der Waals surface area contributed by atoms with E-state index < -0.39 is 0 Å². The van der Waals surface area contributed by atoms with Crippen molar-refractivity contribution in [3.8, 4) is 11.4 Å². The molecule has 0 aliphatic heterocycles. The summed E-state index contributed by atoms with van der Waals surface area (Å²) in [5.41, 5.74) is 7.71. The maximum atomic E-state index is 6.16. The van der Waals surface area contributed by atoms with Gasteiger partial charge in [0.15, 0.2) is 5.82 Å². The number of nitrogens with zero attached hydrogens (tertiary/aromatic N) is 2. The van der Waals surface area contributed by atoms with Crippen molar-refractivity contribution in [2.45, 2.75) is 19.8 Å². The van der Waals surface area contributed by atoms with Crippen LogP contribution in [-0.4, -0.2) is 9.97 Å². The van der Waals surface area contributed by atoms with Crippen LogP contribution in [0.4, 0.5) is 5.82 Å². The first kappa shape index (κ1) is 13.5. The van der Waals surface area contributed by atoms with E-state index in [9.17, 15) is 0 Å². The van der Waals surface area contributed by atoms with Gasteiger partial charge in [0.05, 0.1) is 14.3 Å². The standard InChI is InChI=1S/C13H13ClIN3/c1-7(2)11-10(15)12(16)18-13(17-11)8-5-3-4-6-9(8)14/h3-7H,1-2H3,(H2,16,17,18). The third kappa shape index (κ3) is 2.59. The summed E-state index contributed by atoms with van der Waals surface area (Å²) >= 11 is 8.34. The van der Waals surface area contributed by atoms with Gasteiger partial charge >= 0.3 is 0 Å². The van der Waals surface area contributed by atoms with Crippen LogP contribution < -0.4 is 5.73 Å². The van der Waals surface area contributed by atoms with Crippen molar-refractivity contribution in [2.75, 3.05) is 5.73 Å². The number of hydrogen-bond donors (Lipinski definition) is 1. The van der Waals surface area contributed by atoms with Crippen LogP contribution in [0, 0.1) is 3.57 Å². The van der Waals surface area contributed by atoms with E-state index in [2.05, 4.69) is 46.4 Å². The molecular formula is C13H13ClIN3. The molecule has 1 aromatic carbocycles. The third-order valence-electron chi connectivity index (χ3n) is 2.56. The topological polar surface area (TPSA) is 51.8 Å². The van der Waals surface area contributed by atoms with Crippen molar-refractivity contribution in [2.24, 2.45) is 0 Å². The Morgan fingerprint density at radius 1 is 1.22 bits per heavy atom. The zero-order chi connectivity index (χ0) is 13.3. The van der Waals surface area contributed by atoms with E-state index in [0.717, 1.165) is 14.8 Å². The van der Waals surface area contributed by atoms with Gasteiger partial charge in [0, 0.05) is 5.56 Å². The number of halogens is 2. The summed E-state index contributed by atoms with van der Waals surface area (Å²) in [5.74, 6) is 1.38. The molecule has 2 N–H and O–H groups in total. The van der Waals surface area contributed by atoms with Gasteiger partial charge in [-0.1, -0.05) is 37.6 Å². The first-order valence-electron chi connectivity index (χ1n) is 5.58. The van der Waals surface area contributed by atoms with Gasteiger partial charge in [0.1, 0.15) is 5.82 Å². The molecule has 2 aromatic rings. The molecule has 18 heavy (non-hydrogen) atoms. The average Bonchev–Trinajstić information content (AvgIpc) is 2.33. The number of rotatable bonds is 2. The summed E-state index contributed by atoms with van der Waals surface area (Å²) in [4.78, 5) is 8.90. The van der Waals surface area contributed by atoms with E-state index in [4.69, 9.17) is 17.3 Å². The number of anilines is 1. The largest absolute Gasteiger partial charge is 0.383 e. The lowest BCUT2D eigenvalue weighted by molar-refractivity contribution is 0.810. The van der Waals surface area contributed by atoms with Crippen molar-refractivity contribution in [1.82, 2.24) is 9.97 Å². The molecule has 1 aromatic heterocycles. The van der Waals surface area contributed by atoms with Crippen molar-refractivity contribution in [3.05, 3.63) is 38.6 Å². The van der Waals surface area contributed by atoms with E-state index in [-0.39, 0.29) is 0 Å². The molecule has 0 atom stereocenters. The lowest BCUT2D eigenvalue weighted by Crippen LogP contribution is -2.06. The van der Waals surface area contributed by atoms with Crippen LogP contribution >= 0.6 is 34.2 Å². The minimum Gasteiger partial charge on any atom is -0.383 e. The first-order valence-corrected chi connectivity index (χ1v) is 7.04. The van der Waals surface area contributed by atoms with Crippen LogP contribution in [0.1, 0.15) is 25.5 Å². The lowest BCUT2D eigenvalue weighted by Gasteiger charge is -2.12. The monoisotopic (exact) mass is 373 g/mol. The minimum absolute atomic E-state index is 0.295. The first-order chi connectivity index (χ1) is 8.50. The normalized spacial score (nSPS) is 10.9. The molecule has 1 heterocycles. The molecule has 0 unspecified atom stereocenters. The molecule has 0 radical (unpaired) electrons. The Morgan fingerprint density at radius 2 is 1.89 bits per heavy atom. The Balaban J connectivity index is 2.63. The molecule has 0 aliphatic carbocycles. The zero-order valence-corrected chi connectivity index (χ0v) is 13.0. The summed E-state index contributed by atoms with van der Waals surface area (Å²) < 4.78 is 0.915. The average molecular weight is 374 g/mol. The Bertz CT molecular complexity index is 584. The summed E-state index contributed by atoms with van der Waals surface area (Å²) in [5, 5.41) is 0.632. The Morgan fingerprint density at radius 3 is 2.50 bits per heavy atom.